The third-order valence-corrected chi connectivity index (χ3v) is 4.33. The molecule has 0 saturated heterocycles. The maximum atomic E-state index is 10.8. The van der Waals surface area contributed by atoms with Crippen LogP contribution in [-0.4, -0.2) is 35.0 Å². The first kappa shape index (κ1) is 18.9. The molecule has 0 aromatic heterocycles. The Morgan fingerprint density at radius 3 is 1.77 bits per heavy atom. The summed E-state index contributed by atoms with van der Waals surface area (Å²) in [7, 11) is 0. The molecule has 0 bridgehead atoms. The zero-order chi connectivity index (χ0) is 16.2. The minimum atomic E-state index is 0.137. The summed E-state index contributed by atoms with van der Waals surface area (Å²) < 4.78 is 11.3. The highest BCUT2D eigenvalue weighted by Crippen LogP contribution is 2.20. The van der Waals surface area contributed by atoms with Crippen molar-refractivity contribution in [2.75, 3.05) is 24.7 Å². The SMILES string of the molecule is CC(=O)SCCCOc1cccc(OCCCSC(C)=O)c1. The number of ether oxygens (including phenoxy) is 2. The van der Waals surface area contributed by atoms with Crippen molar-refractivity contribution in [3.8, 4) is 11.5 Å². The van der Waals surface area contributed by atoms with E-state index in [9.17, 15) is 9.59 Å². The highest BCUT2D eigenvalue weighted by Gasteiger charge is 2.00. The van der Waals surface area contributed by atoms with Crippen LogP contribution in [0.25, 0.3) is 0 Å². The van der Waals surface area contributed by atoms with E-state index in [1.807, 2.05) is 24.3 Å². The van der Waals surface area contributed by atoms with Gasteiger partial charge in [0.2, 0.25) is 0 Å². The van der Waals surface area contributed by atoms with Gasteiger partial charge in [0.05, 0.1) is 13.2 Å². The number of hydrogen-bond donors (Lipinski definition) is 0. The van der Waals surface area contributed by atoms with E-state index in [-0.39, 0.29) is 10.2 Å². The first-order valence-electron chi connectivity index (χ1n) is 7.20. The normalized spacial score (nSPS) is 10.3. The average Bonchev–Trinajstić information content (AvgIpc) is 2.46. The molecule has 1 rings (SSSR count). The van der Waals surface area contributed by atoms with Crippen molar-refractivity contribution in [1.29, 1.82) is 0 Å². The summed E-state index contributed by atoms with van der Waals surface area (Å²) >= 11 is 2.64. The number of rotatable bonds is 10. The summed E-state index contributed by atoms with van der Waals surface area (Å²) in [5, 5.41) is 0.275. The van der Waals surface area contributed by atoms with Crippen LogP contribution >= 0.6 is 23.5 Å². The lowest BCUT2D eigenvalue weighted by molar-refractivity contribution is -0.109. The van der Waals surface area contributed by atoms with Gasteiger partial charge in [-0.25, -0.2) is 0 Å². The molecule has 22 heavy (non-hydrogen) atoms. The van der Waals surface area contributed by atoms with Crippen LogP contribution in [0.4, 0.5) is 0 Å². The van der Waals surface area contributed by atoms with Crippen molar-refractivity contribution >= 4 is 33.8 Å². The van der Waals surface area contributed by atoms with Crippen LogP contribution < -0.4 is 9.47 Å². The largest absolute Gasteiger partial charge is 0.493 e. The predicted molar refractivity (Wildman–Crippen MR) is 92.9 cm³/mol. The molecule has 0 spiro atoms. The Morgan fingerprint density at radius 1 is 0.909 bits per heavy atom. The summed E-state index contributed by atoms with van der Waals surface area (Å²) in [6.45, 7) is 4.31. The molecule has 0 radical (unpaired) electrons. The lowest BCUT2D eigenvalue weighted by Crippen LogP contribution is -2.02. The number of thioether (sulfide) groups is 2. The van der Waals surface area contributed by atoms with Crippen molar-refractivity contribution in [3.63, 3.8) is 0 Å². The van der Waals surface area contributed by atoms with Gasteiger partial charge in [-0.2, -0.15) is 0 Å². The number of benzene rings is 1. The highest BCUT2D eigenvalue weighted by molar-refractivity contribution is 8.13. The lowest BCUT2D eigenvalue weighted by atomic mass is 10.3. The van der Waals surface area contributed by atoms with Crippen LogP contribution in [-0.2, 0) is 9.59 Å². The third kappa shape index (κ3) is 9.73. The van der Waals surface area contributed by atoms with E-state index in [2.05, 4.69) is 0 Å². The Labute approximate surface area is 140 Å². The van der Waals surface area contributed by atoms with E-state index in [0.717, 1.165) is 35.8 Å². The fourth-order valence-electron chi connectivity index (χ4n) is 1.58. The second-order valence-corrected chi connectivity index (χ2v) is 7.10. The molecular weight excluding hydrogens is 320 g/mol. The Morgan fingerprint density at radius 2 is 1.36 bits per heavy atom. The van der Waals surface area contributed by atoms with E-state index >= 15 is 0 Å². The molecule has 0 N–H and O–H groups in total. The topological polar surface area (TPSA) is 52.6 Å². The molecule has 6 heteroatoms. The van der Waals surface area contributed by atoms with Gasteiger partial charge >= 0.3 is 0 Å². The smallest absolute Gasteiger partial charge is 0.185 e. The fraction of sp³-hybridized carbons (Fsp3) is 0.500. The fourth-order valence-corrected chi connectivity index (χ4v) is 2.68. The summed E-state index contributed by atoms with van der Waals surface area (Å²) in [6.07, 6.45) is 1.66. The van der Waals surface area contributed by atoms with E-state index in [4.69, 9.17) is 9.47 Å². The Kier molecular flexibility index (Phi) is 9.82. The molecule has 1 aromatic rings. The van der Waals surface area contributed by atoms with Gasteiger partial charge in [-0.1, -0.05) is 29.6 Å². The van der Waals surface area contributed by atoms with Crippen LogP contribution in [0.2, 0.25) is 0 Å². The van der Waals surface area contributed by atoms with Gasteiger partial charge in [0, 0.05) is 31.4 Å². The molecule has 0 unspecified atom stereocenters. The Hall–Kier alpha value is -1.14. The van der Waals surface area contributed by atoms with Crippen molar-refractivity contribution in [2.24, 2.45) is 0 Å². The van der Waals surface area contributed by atoms with Gasteiger partial charge in [0.1, 0.15) is 11.5 Å². The highest BCUT2D eigenvalue weighted by atomic mass is 32.2. The van der Waals surface area contributed by atoms with Crippen LogP contribution in [0.1, 0.15) is 26.7 Å². The second-order valence-electron chi connectivity index (χ2n) is 4.56. The first-order chi connectivity index (χ1) is 10.6. The molecule has 0 heterocycles. The predicted octanol–water partition coefficient (Wildman–Crippen LogP) is 3.78. The summed E-state index contributed by atoms with van der Waals surface area (Å²) in [4.78, 5) is 21.6. The van der Waals surface area contributed by atoms with Crippen molar-refractivity contribution in [3.05, 3.63) is 24.3 Å². The molecule has 0 saturated carbocycles. The number of carbonyl (C=O) groups is 2. The van der Waals surface area contributed by atoms with Crippen LogP contribution in [0, 0.1) is 0 Å². The van der Waals surface area contributed by atoms with E-state index in [0.29, 0.717) is 13.2 Å². The zero-order valence-corrected chi connectivity index (χ0v) is 14.6. The summed E-state index contributed by atoms with van der Waals surface area (Å²) in [5.74, 6) is 3.09. The van der Waals surface area contributed by atoms with Crippen molar-refractivity contribution < 1.29 is 19.1 Å². The number of carbonyl (C=O) groups excluding carboxylic acids is 2. The van der Waals surface area contributed by atoms with Gasteiger partial charge in [0.25, 0.3) is 0 Å². The van der Waals surface area contributed by atoms with Gasteiger partial charge in [-0.3, -0.25) is 9.59 Å². The molecule has 0 atom stereocenters. The maximum absolute atomic E-state index is 10.8. The molecule has 0 fully saturated rings. The summed E-state index contributed by atoms with van der Waals surface area (Å²) in [6, 6.07) is 7.52. The van der Waals surface area contributed by atoms with E-state index in [1.54, 1.807) is 13.8 Å². The van der Waals surface area contributed by atoms with Crippen molar-refractivity contribution in [2.45, 2.75) is 26.7 Å². The molecule has 4 nitrogen and oxygen atoms in total. The second kappa shape index (κ2) is 11.4. The standard InChI is InChI=1S/C16H22O4S2/c1-13(17)21-10-4-8-19-15-6-3-7-16(12-15)20-9-5-11-22-14(2)18/h3,6-7,12H,4-5,8-11H2,1-2H3. The van der Waals surface area contributed by atoms with Gasteiger partial charge < -0.3 is 9.47 Å². The Bertz CT molecular complexity index is 438. The van der Waals surface area contributed by atoms with Crippen LogP contribution in [0.5, 0.6) is 11.5 Å². The first-order valence-corrected chi connectivity index (χ1v) is 9.17. The monoisotopic (exact) mass is 342 g/mol. The van der Waals surface area contributed by atoms with E-state index in [1.165, 1.54) is 23.5 Å². The zero-order valence-electron chi connectivity index (χ0n) is 13.0. The van der Waals surface area contributed by atoms with Crippen LogP contribution in [0.15, 0.2) is 24.3 Å². The Balaban J connectivity index is 2.21. The van der Waals surface area contributed by atoms with Gasteiger partial charge in [-0.15, -0.1) is 0 Å². The molecule has 0 aliphatic heterocycles. The van der Waals surface area contributed by atoms with Gasteiger partial charge in [0.15, 0.2) is 10.2 Å². The quantitative estimate of drug-likeness (QED) is 0.603. The summed E-state index contributed by atoms with van der Waals surface area (Å²) in [5.41, 5.74) is 0. The molecular formula is C16H22O4S2. The van der Waals surface area contributed by atoms with Crippen molar-refractivity contribution in [1.82, 2.24) is 0 Å². The molecule has 122 valence electrons. The minimum absolute atomic E-state index is 0.137. The third-order valence-electron chi connectivity index (χ3n) is 2.53. The number of hydrogen-bond acceptors (Lipinski definition) is 6. The van der Waals surface area contributed by atoms with Gasteiger partial charge in [-0.05, 0) is 25.0 Å². The lowest BCUT2D eigenvalue weighted by Gasteiger charge is -2.09. The van der Waals surface area contributed by atoms with E-state index < -0.39 is 0 Å². The molecule has 0 amide bonds. The molecule has 0 aliphatic carbocycles. The van der Waals surface area contributed by atoms with Crippen LogP contribution in [0.3, 0.4) is 0 Å². The minimum Gasteiger partial charge on any atom is -0.493 e. The molecule has 0 aliphatic rings. The molecule has 1 aromatic carbocycles. The maximum Gasteiger partial charge on any atom is 0.185 e. The average molecular weight is 342 g/mol.